The first-order chi connectivity index (χ1) is 11.4. The van der Waals surface area contributed by atoms with Crippen LogP contribution >= 0.6 is 0 Å². The van der Waals surface area contributed by atoms with Crippen LogP contribution in [0.25, 0.3) is 0 Å². The number of aliphatic hydroxyl groups is 1. The largest absolute Gasteiger partial charge is 0.433 e. The second-order valence-electron chi connectivity index (χ2n) is 6.31. The third-order valence-corrected chi connectivity index (χ3v) is 4.76. The number of amides is 1. The molecule has 1 spiro atoms. The number of likely N-dealkylation sites (tertiary alicyclic amines) is 1. The van der Waals surface area contributed by atoms with E-state index < -0.39 is 17.3 Å². The molecule has 2 fully saturated rings. The predicted molar refractivity (Wildman–Crippen MR) is 79.2 cm³/mol. The number of carbonyl (C=O) groups excluding carboxylic acids is 1. The van der Waals surface area contributed by atoms with Gasteiger partial charge < -0.3 is 14.9 Å². The van der Waals surface area contributed by atoms with Crippen LogP contribution in [0.3, 0.4) is 0 Å². The lowest BCUT2D eigenvalue weighted by atomic mass is 9.78. The van der Waals surface area contributed by atoms with E-state index in [1.54, 1.807) is 9.80 Å². The summed E-state index contributed by atoms with van der Waals surface area (Å²) in [4.78, 5) is 23.5. The quantitative estimate of drug-likeness (QED) is 0.895. The van der Waals surface area contributed by atoms with Gasteiger partial charge in [-0.1, -0.05) is 0 Å². The standard InChI is InChI=1S/C15H19F3N4O2/c16-15(17,18)11-2-5-19-13(20-11)22-7-4-14(10-22)3-1-6-21(8-9-23)12(14)24/h2,5,23H,1,3-4,6-10H2/t14-/m0/s1. The number of piperidine rings is 1. The average molecular weight is 344 g/mol. The fourth-order valence-electron chi connectivity index (χ4n) is 3.57. The summed E-state index contributed by atoms with van der Waals surface area (Å²) in [6.45, 7) is 1.57. The van der Waals surface area contributed by atoms with Crippen LogP contribution in [0.5, 0.6) is 0 Å². The van der Waals surface area contributed by atoms with Crippen LogP contribution in [-0.2, 0) is 11.0 Å². The number of carbonyl (C=O) groups is 1. The zero-order valence-corrected chi connectivity index (χ0v) is 13.1. The number of β-amino-alcohol motifs (C(OH)–C–C–N with tert-alkyl or cyclic N) is 1. The number of hydrogen-bond acceptors (Lipinski definition) is 5. The lowest BCUT2D eigenvalue weighted by Crippen LogP contribution is -2.50. The third kappa shape index (κ3) is 3.04. The highest BCUT2D eigenvalue weighted by molar-refractivity contribution is 5.85. The molecule has 132 valence electrons. The van der Waals surface area contributed by atoms with E-state index in [4.69, 9.17) is 5.11 Å². The van der Waals surface area contributed by atoms with Gasteiger partial charge in [0.15, 0.2) is 0 Å². The van der Waals surface area contributed by atoms with Gasteiger partial charge in [0.05, 0.1) is 12.0 Å². The Morgan fingerprint density at radius 1 is 1.29 bits per heavy atom. The Morgan fingerprint density at radius 3 is 2.79 bits per heavy atom. The number of aliphatic hydroxyl groups excluding tert-OH is 1. The summed E-state index contributed by atoms with van der Waals surface area (Å²) in [7, 11) is 0. The van der Waals surface area contributed by atoms with E-state index in [-0.39, 0.29) is 18.5 Å². The van der Waals surface area contributed by atoms with Crippen molar-refractivity contribution in [1.82, 2.24) is 14.9 Å². The molecule has 9 heteroatoms. The van der Waals surface area contributed by atoms with Crippen molar-refractivity contribution in [3.8, 4) is 0 Å². The van der Waals surface area contributed by atoms with Gasteiger partial charge in [0.2, 0.25) is 11.9 Å². The molecule has 2 aliphatic rings. The molecule has 24 heavy (non-hydrogen) atoms. The molecule has 0 saturated carbocycles. The monoisotopic (exact) mass is 344 g/mol. The maximum absolute atomic E-state index is 12.8. The van der Waals surface area contributed by atoms with Gasteiger partial charge in [0.25, 0.3) is 0 Å². The number of halogens is 3. The SMILES string of the molecule is O=C1N(CCO)CCC[C@@]12CCN(c1nccc(C(F)(F)F)n1)C2. The van der Waals surface area contributed by atoms with Crippen LogP contribution in [0.1, 0.15) is 25.0 Å². The molecular formula is C15H19F3N4O2. The van der Waals surface area contributed by atoms with Crippen molar-refractivity contribution in [2.24, 2.45) is 5.41 Å². The van der Waals surface area contributed by atoms with Gasteiger partial charge in [-0.25, -0.2) is 9.97 Å². The fourth-order valence-corrected chi connectivity index (χ4v) is 3.57. The predicted octanol–water partition coefficient (Wildman–Crippen LogP) is 1.31. The molecule has 3 rings (SSSR count). The summed E-state index contributed by atoms with van der Waals surface area (Å²) in [6.07, 6.45) is -1.34. The first-order valence-corrected chi connectivity index (χ1v) is 7.91. The highest BCUT2D eigenvalue weighted by Gasteiger charge is 2.49. The Bertz CT molecular complexity index is 623. The molecule has 1 N–H and O–H groups in total. The van der Waals surface area contributed by atoms with Crippen LogP contribution < -0.4 is 4.90 Å². The highest BCUT2D eigenvalue weighted by Crippen LogP contribution is 2.41. The van der Waals surface area contributed by atoms with Gasteiger partial charge in [-0.3, -0.25) is 4.79 Å². The minimum atomic E-state index is -4.52. The van der Waals surface area contributed by atoms with Crippen molar-refractivity contribution in [3.05, 3.63) is 18.0 Å². The van der Waals surface area contributed by atoms with Crippen molar-refractivity contribution in [2.45, 2.75) is 25.4 Å². The van der Waals surface area contributed by atoms with Crippen LogP contribution in [0.2, 0.25) is 0 Å². The number of anilines is 1. The normalized spacial score (nSPS) is 24.9. The molecule has 2 saturated heterocycles. The van der Waals surface area contributed by atoms with E-state index in [2.05, 4.69) is 9.97 Å². The zero-order chi connectivity index (χ0) is 17.4. The molecule has 1 aromatic rings. The molecule has 0 bridgehead atoms. The van der Waals surface area contributed by atoms with Crippen molar-refractivity contribution in [1.29, 1.82) is 0 Å². The van der Waals surface area contributed by atoms with Gasteiger partial charge in [-0.05, 0) is 25.3 Å². The number of alkyl halides is 3. The van der Waals surface area contributed by atoms with E-state index in [1.165, 1.54) is 0 Å². The van der Waals surface area contributed by atoms with Crippen LogP contribution in [0.4, 0.5) is 19.1 Å². The van der Waals surface area contributed by atoms with Gasteiger partial charge in [0.1, 0.15) is 5.69 Å². The molecule has 0 aliphatic carbocycles. The van der Waals surface area contributed by atoms with Crippen LogP contribution in [0, 0.1) is 5.41 Å². The van der Waals surface area contributed by atoms with E-state index in [9.17, 15) is 18.0 Å². The Labute approximate surface area is 137 Å². The smallest absolute Gasteiger partial charge is 0.395 e. The Hall–Kier alpha value is -1.90. The molecule has 6 nitrogen and oxygen atoms in total. The van der Waals surface area contributed by atoms with Gasteiger partial charge in [-0.2, -0.15) is 13.2 Å². The molecule has 0 aromatic carbocycles. The molecule has 1 aromatic heterocycles. The maximum Gasteiger partial charge on any atom is 0.433 e. The summed E-state index contributed by atoms with van der Waals surface area (Å²) in [6, 6.07) is 0.837. The Balaban J connectivity index is 1.79. The number of hydrogen-bond donors (Lipinski definition) is 1. The molecular weight excluding hydrogens is 325 g/mol. The average Bonchev–Trinajstić information content (AvgIpc) is 2.97. The summed E-state index contributed by atoms with van der Waals surface area (Å²) in [5.41, 5.74) is -1.59. The van der Waals surface area contributed by atoms with Crippen molar-refractivity contribution < 1.29 is 23.1 Å². The Morgan fingerprint density at radius 2 is 2.08 bits per heavy atom. The number of nitrogens with zero attached hydrogens (tertiary/aromatic N) is 4. The van der Waals surface area contributed by atoms with Crippen molar-refractivity contribution in [2.75, 3.05) is 37.7 Å². The molecule has 0 radical (unpaired) electrons. The molecule has 0 unspecified atom stereocenters. The zero-order valence-electron chi connectivity index (χ0n) is 13.1. The first-order valence-electron chi connectivity index (χ1n) is 7.91. The van der Waals surface area contributed by atoms with Crippen LogP contribution in [-0.4, -0.2) is 58.7 Å². The first kappa shape index (κ1) is 16.9. The second kappa shape index (κ2) is 6.19. The van der Waals surface area contributed by atoms with E-state index in [1.807, 2.05) is 0 Å². The van der Waals surface area contributed by atoms with E-state index in [0.717, 1.165) is 18.7 Å². The minimum Gasteiger partial charge on any atom is -0.395 e. The molecule has 1 atom stereocenters. The number of rotatable bonds is 3. The van der Waals surface area contributed by atoms with Gasteiger partial charge >= 0.3 is 6.18 Å². The fraction of sp³-hybridized carbons (Fsp3) is 0.667. The van der Waals surface area contributed by atoms with Gasteiger partial charge in [-0.15, -0.1) is 0 Å². The van der Waals surface area contributed by atoms with Crippen molar-refractivity contribution >= 4 is 11.9 Å². The lowest BCUT2D eigenvalue weighted by molar-refractivity contribution is -0.145. The number of aromatic nitrogens is 2. The molecule has 1 amide bonds. The lowest BCUT2D eigenvalue weighted by Gasteiger charge is -2.39. The highest BCUT2D eigenvalue weighted by atomic mass is 19.4. The summed E-state index contributed by atoms with van der Waals surface area (Å²) < 4.78 is 38.4. The van der Waals surface area contributed by atoms with E-state index >= 15 is 0 Å². The summed E-state index contributed by atoms with van der Waals surface area (Å²) in [5.74, 6) is -0.0222. The Kier molecular flexibility index (Phi) is 4.37. The minimum absolute atomic E-state index is 0.00813. The topological polar surface area (TPSA) is 69.6 Å². The second-order valence-corrected chi connectivity index (χ2v) is 6.31. The third-order valence-electron chi connectivity index (χ3n) is 4.76. The molecule has 2 aliphatic heterocycles. The van der Waals surface area contributed by atoms with E-state index in [0.29, 0.717) is 39.0 Å². The molecule has 3 heterocycles. The summed E-state index contributed by atoms with van der Waals surface area (Å²) >= 11 is 0. The maximum atomic E-state index is 12.8. The van der Waals surface area contributed by atoms with Crippen LogP contribution in [0.15, 0.2) is 12.3 Å². The summed E-state index contributed by atoms with van der Waals surface area (Å²) in [5, 5.41) is 9.07. The van der Waals surface area contributed by atoms with Crippen molar-refractivity contribution in [3.63, 3.8) is 0 Å². The van der Waals surface area contributed by atoms with Gasteiger partial charge in [0, 0.05) is 32.4 Å².